The molecule has 1 aliphatic rings. The molecule has 0 radical (unpaired) electrons. The number of hydrogen-bond donors (Lipinski definition) is 1. The molecule has 1 saturated heterocycles. The summed E-state index contributed by atoms with van der Waals surface area (Å²) in [5, 5.41) is 3.26. The van der Waals surface area contributed by atoms with E-state index in [1.54, 1.807) is 0 Å². The van der Waals surface area contributed by atoms with E-state index in [2.05, 4.69) is 19.2 Å². The molecule has 0 spiro atoms. The summed E-state index contributed by atoms with van der Waals surface area (Å²) >= 11 is 0. The fourth-order valence-electron chi connectivity index (χ4n) is 1.12. The van der Waals surface area contributed by atoms with E-state index in [-0.39, 0.29) is 0 Å². The van der Waals surface area contributed by atoms with Gasteiger partial charge in [-0.3, -0.25) is 0 Å². The third-order valence-electron chi connectivity index (χ3n) is 1.99. The Balaban J connectivity index is 1.80. The Morgan fingerprint density at radius 1 is 1.45 bits per heavy atom. The zero-order valence-electron chi connectivity index (χ0n) is 7.60. The van der Waals surface area contributed by atoms with Crippen molar-refractivity contribution in [3.05, 3.63) is 0 Å². The van der Waals surface area contributed by atoms with Gasteiger partial charge in [0.25, 0.3) is 0 Å². The maximum Gasteiger partial charge on any atom is 0.0488 e. The van der Waals surface area contributed by atoms with E-state index < -0.39 is 0 Å². The molecule has 2 heteroatoms. The van der Waals surface area contributed by atoms with Crippen LogP contribution in [0.3, 0.4) is 0 Å². The summed E-state index contributed by atoms with van der Waals surface area (Å²) in [5.41, 5.74) is 0. The van der Waals surface area contributed by atoms with Gasteiger partial charge in [0.15, 0.2) is 0 Å². The van der Waals surface area contributed by atoms with Gasteiger partial charge in [-0.1, -0.05) is 13.8 Å². The SMILES string of the molecule is CC(C)COCCC1CNC1. The molecule has 11 heavy (non-hydrogen) atoms. The lowest BCUT2D eigenvalue weighted by molar-refractivity contribution is 0.0912. The summed E-state index contributed by atoms with van der Waals surface area (Å²) in [6, 6.07) is 0. The van der Waals surface area contributed by atoms with Crippen LogP contribution in [0.4, 0.5) is 0 Å². The minimum atomic E-state index is 0.675. The third kappa shape index (κ3) is 3.73. The molecular formula is C9H19NO. The Kier molecular flexibility index (Phi) is 3.87. The van der Waals surface area contributed by atoms with E-state index in [1.165, 1.54) is 19.5 Å². The number of rotatable bonds is 5. The monoisotopic (exact) mass is 157 g/mol. The maximum absolute atomic E-state index is 5.47. The van der Waals surface area contributed by atoms with Crippen molar-refractivity contribution in [1.82, 2.24) is 5.32 Å². The molecule has 0 atom stereocenters. The maximum atomic E-state index is 5.47. The summed E-state index contributed by atoms with van der Waals surface area (Å²) in [5.74, 6) is 1.57. The van der Waals surface area contributed by atoms with E-state index in [0.717, 1.165) is 19.1 Å². The van der Waals surface area contributed by atoms with E-state index in [4.69, 9.17) is 4.74 Å². The lowest BCUT2D eigenvalue weighted by Crippen LogP contribution is -2.42. The second kappa shape index (κ2) is 4.73. The van der Waals surface area contributed by atoms with Crippen LogP contribution in [0.5, 0.6) is 0 Å². The van der Waals surface area contributed by atoms with E-state index in [0.29, 0.717) is 5.92 Å². The zero-order valence-corrected chi connectivity index (χ0v) is 7.60. The largest absolute Gasteiger partial charge is 0.381 e. The van der Waals surface area contributed by atoms with Crippen LogP contribution in [0.25, 0.3) is 0 Å². The molecule has 0 aromatic carbocycles. The highest BCUT2D eigenvalue weighted by molar-refractivity contribution is 4.73. The van der Waals surface area contributed by atoms with Crippen molar-refractivity contribution >= 4 is 0 Å². The second-order valence-corrected chi connectivity index (χ2v) is 3.78. The highest BCUT2D eigenvalue weighted by Gasteiger charge is 2.15. The van der Waals surface area contributed by atoms with Gasteiger partial charge in [0, 0.05) is 13.2 Å². The molecule has 1 N–H and O–H groups in total. The van der Waals surface area contributed by atoms with Crippen LogP contribution in [0, 0.1) is 11.8 Å². The summed E-state index contributed by atoms with van der Waals surface area (Å²) in [6.07, 6.45) is 1.24. The van der Waals surface area contributed by atoms with Gasteiger partial charge in [0.1, 0.15) is 0 Å². The average Bonchev–Trinajstić information content (AvgIpc) is 1.82. The quantitative estimate of drug-likeness (QED) is 0.607. The average molecular weight is 157 g/mol. The zero-order chi connectivity index (χ0) is 8.10. The van der Waals surface area contributed by atoms with Crippen molar-refractivity contribution in [2.45, 2.75) is 20.3 Å². The Labute approximate surface area is 69.3 Å². The minimum absolute atomic E-state index is 0.675. The van der Waals surface area contributed by atoms with Crippen LogP contribution in [0.2, 0.25) is 0 Å². The first-order valence-corrected chi connectivity index (χ1v) is 4.57. The van der Waals surface area contributed by atoms with Crippen LogP contribution in [0.1, 0.15) is 20.3 Å². The molecule has 1 aliphatic heterocycles. The molecule has 1 heterocycles. The molecule has 0 bridgehead atoms. The first-order valence-electron chi connectivity index (χ1n) is 4.57. The molecule has 2 nitrogen and oxygen atoms in total. The predicted octanol–water partition coefficient (Wildman–Crippen LogP) is 1.27. The summed E-state index contributed by atoms with van der Waals surface area (Å²) in [4.78, 5) is 0. The summed E-state index contributed by atoms with van der Waals surface area (Å²) in [7, 11) is 0. The first kappa shape index (κ1) is 9.01. The highest BCUT2D eigenvalue weighted by atomic mass is 16.5. The van der Waals surface area contributed by atoms with Crippen LogP contribution in [0.15, 0.2) is 0 Å². The molecule has 0 saturated carbocycles. The minimum Gasteiger partial charge on any atom is -0.381 e. The lowest BCUT2D eigenvalue weighted by atomic mass is 10.0. The molecule has 0 unspecified atom stereocenters. The van der Waals surface area contributed by atoms with Gasteiger partial charge in [-0.15, -0.1) is 0 Å². The van der Waals surface area contributed by atoms with Crippen LogP contribution >= 0.6 is 0 Å². The van der Waals surface area contributed by atoms with Gasteiger partial charge < -0.3 is 10.1 Å². The summed E-state index contributed by atoms with van der Waals surface area (Å²) in [6.45, 7) is 8.64. The Bertz CT molecular complexity index is 99.7. The smallest absolute Gasteiger partial charge is 0.0488 e. The fraction of sp³-hybridized carbons (Fsp3) is 1.00. The third-order valence-corrected chi connectivity index (χ3v) is 1.99. The highest BCUT2D eigenvalue weighted by Crippen LogP contribution is 2.08. The van der Waals surface area contributed by atoms with E-state index in [1.807, 2.05) is 0 Å². The van der Waals surface area contributed by atoms with Crippen molar-refractivity contribution in [2.24, 2.45) is 11.8 Å². The molecule has 0 aliphatic carbocycles. The molecule has 1 fully saturated rings. The fourth-order valence-corrected chi connectivity index (χ4v) is 1.12. The molecule has 0 aromatic rings. The summed E-state index contributed by atoms with van der Waals surface area (Å²) < 4.78 is 5.47. The van der Waals surface area contributed by atoms with Gasteiger partial charge in [-0.05, 0) is 31.3 Å². The van der Waals surface area contributed by atoms with Gasteiger partial charge in [0.05, 0.1) is 0 Å². The predicted molar refractivity (Wildman–Crippen MR) is 46.6 cm³/mol. The standard InChI is InChI=1S/C9H19NO/c1-8(2)7-11-4-3-9-5-10-6-9/h8-10H,3-7H2,1-2H3. The van der Waals surface area contributed by atoms with Crippen molar-refractivity contribution in [3.63, 3.8) is 0 Å². The van der Waals surface area contributed by atoms with Crippen LogP contribution in [-0.2, 0) is 4.74 Å². The van der Waals surface area contributed by atoms with E-state index in [9.17, 15) is 0 Å². The molecule has 1 rings (SSSR count). The Morgan fingerprint density at radius 3 is 2.64 bits per heavy atom. The van der Waals surface area contributed by atoms with Crippen molar-refractivity contribution in [1.29, 1.82) is 0 Å². The Hall–Kier alpha value is -0.0800. The first-order chi connectivity index (χ1) is 5.29. The topological polar surface area (TPSA) is 21.3 Å². The normalized spacial score (nSPS) is 18.8. The molecule has 66 valence electrons. The van der Waals surface area contributed by atoms with Crippen LogP contribution < -0.4 is 5.32 Å². The van der Waals surface area contributed by atoms with Gasteiger partial charge in [-0.2, -0.15) is 0 Å². The van der Waals surface area contributed by atoms with Gasteiger partial charge >= 0.3 is 0 Å². The van der Waals surface area contributed by atoms with Crippen molar-refractivity contribution < 1.29 is 4.74 Å². The van der Waals surface area contributed by atoms with E-state index >= 15 is 0 Å². The van der Waals surface area contributed by atoms with Crippen LogP contribution in [-0.4, -0.2) is 26.3 Å². The Morgan fingerprint density at radius 2 is 2.18 bits per heavy atom. The van der Waals surface area contributed by atoms with Gasteiger partial charge in [-0.25, -0.2) is 0 Å². The number of hydrogen-bond acceptors (Lipinski definition) is 2. The van der Waals surface area contributed by atoms with Gasteiger partial charge in [0.2, 0.25) is 0 Å². The number of nitrogens with one attached hydrogen (secondary N) is 1. The van der Waals surface area contributed by atoms with Crippen molar-refractivity contribution in [3.8, 4) is 0 Å². The molecular weight excluding hydrogens is 138 g/mol. The lowest BCUT2D eigenvalue weighted by Gasteiger charge is -2.26. The van der Waals surface area contributed by atoms with Crippen molar-refractivity contribution in [2.75, 3.05) is 26.3 Å². The molecule has 0 aromatic heterocycles. The molecule has 0 amide bonds. The second-order valence-electron chi connectivity index (χ2n) is 3.78. The number of ether oxygens (including phenoxy) is 1.